The van der Waals surface area contributed by atoms with Crippen molar-refractivity contribution in [3.8, 4) is 0 Å². The average molecular weight is 224 g/mol. The van der Waals surface area contributed by atoms with Crippen molar-refractivity contribution in [2.45, 2.75) is 6.54 Å². The van der Waals surface area contributed by atoms with Gasteiger partial charge in [0.2, 0.25) is 0 Å². The fraction of sp³-hybridized carbons (Fsp3) is 0.200. The molecule has 0 aromatic carbocycles. The highest BCUT2D eigenvalue weighted by Crippen LogP contribution is 2.13. The van der Waals surface area contributed by atoms with Gasteiger partial charge >= 0.3 is 0 Å². The number of nitrogens with zero attached hydrogens (tertiary/aromatic N) is 3. The second-order valence-corrected chi connectivity index (χ2v) is 3.52. The molecule has 15 heavy (non-hydrogen) atoms. The Kier molecular flexibility index (Phi) is 2.87. The Morgan fingerprint density at radius 3 is 3.00 bits per heavy atom. The summed E-state index contributed by atoms with van der Waals surface area (Å²) in [7, 11) is 1.91. The first-order chi connectivity index (χ1) is 7.25. The second kappa shape index (κ2) is 4.31. The van der Waals surface area contributed by atoms with Crippen molar-refractivity contribution >= 4 is 17.4 Å². The van der Waals surface area contributed by atoms with E-state index in [1.54, 1.807) is 12.5 Å². The summed E-state index contributed by atoms with van der Waals surface area (Å²) in [6.07, 6.45) is 4.81. The van der Waals surface area contributed by atoms with Crippen LogP contribution in [0.3, 0.4) is 0 Å². The van der Waals surface area contributed by atoms with Crippen LogP contribution in [0, 0.1) is 0 Å². The van der Waals surface area contributed by atoms with Gasteiger partial charge in [0, 0.05) is 7.05 Å². The lowest BCUT2D eigenvalue weighted by Crippen LogP contribution is -2.17. The molecule has 0 N–H and O–H groups in total. The van der Waals surface area contributed by atoms with E-state index in [9.17, 15) is 0 Å². The highest BCUT2D eigenvalue weighted by atomic mass is 35.5. The van der Waals surface area contributed by atoms with Crippen LogP contribution >= 0.6 is 11.6 Å². The summed E-state index contributed by atoms with van der Waals surface area (Å²) in [5.41, 5.74) is 0. The third-order valence-electron chi connectivity index (χ3n) is 1.96. The van der Waals surface area contributed by atoms with E-state index in [1.165, 1.54) is 6.20 Å². The molecular weight excluding hydrogens is 214 g/mol. The Morgan fingerprint density at radius 2 is 2.33 bits per heavy atom. The number of hydrogen-bond donors (Lipinski definition) is 0. The molecule has 5 heteroatoms. The summed E-state index contributed by atoms with van der Waals surface area (Å²) in [5.74, 6) is 1.60. The molecule has 0 saturated heterocycles. The lowest BCUT2D eigenvalue weighted by Gasteiger charge is -2.15. The minimum Gasteiger partial charge on any atom is -0.467 e. The van der Waals surface area contributed by atoms with Gasteiger partial charge in [-0.25, -0.2) is 4.98 Å². The number of halogens is 1. The first kappa shape index (κ1) is 9.98. The van der Waals surface area contributed by atoms with Gasteiger partial charge in [0.1, 0.15) is 16.7 Å². The smallest absolute Gasteiger partial charge is 0.149 e. The highest BCUT2D eigenvalue weighted by molar-refractivity contribution is 6.29. The van der Waals surface area contributed by atoms with Gasteiger partial charge in [-0.05, 0) is 12.1 Å². The molecule has 2 heterocycles. The lowest BCUT2D eigenvalue weighted by molar-refractivity contribution is 0.507. The minimum absolute atomic E-state index is 0.388. The molecular formula is C10H10ClN3O. The van der Waals surface area contributed by atoms with Crippen LogP contribution < -0.4 is 4.90 Å². The van der Waals surface area contributed by atoms with Gasteiger partial charge in [-0.1, -0.05) is 11.6 Å². The van der Waals surface area contributed by atoms with Gasteiger partial charge in [-0.2, -0.15) is 0 Å². The fourth-order valence-electron chi connectivity index (χ4n) is 1.23. The van der Waals surface area contributed by atoms with Crippen LogP contribution in [-0.4, -0.2) is 17.0 Å². The first-order valence-corrected chi connectivity index (χ1v) is 4.84. The molecule has 0 saturated carbocycles. The van der Waals surface area contributed by atoms with E-state index in [2.05, 4.69) is 9.97 Å². The molecule has 78 valence electrons. The predicted octanol–water partition coefficient (Wildman–Crippen LogP) is 2.36. The highest BCUT2D eigenvalue weighted by Gasteiger charge is 2.05. The van der Waals surface area contributed by atoms with Crippen molar-refractivity contribution in [1.29, 1.82) is 0 Å². The number of furan rings is 1. The van der Waals surface area contributed by atoms with Gasteiger partial charge in [0.05, 0.1) is 25.2 Å². The Bertz CT molecular complexity index is 430. The molecule has 0 aliphatic carbocycles. The Balaban J connectivity index is 2.11. The Morgan fingerprint density at radius 1 is 1.47 bits per heavy atom. The zero-order chi connectivity index (χ0) is 10.7. The largest absolute Gasteiger partial charge is 0.467 e. The van der Waals surface area contributed by atoms with E-state index >= 15 is 0 Å². The van der Waals surface area contributed by atoms with Crippen LogP contribution in [0.1, 0.15) is 5.76 Å². The molecule has 0 atom stereocenters. The molecule has 4 nitrogen and oxygen atoms in total. The molecule has 0 spiro atoms. The van der Waals surface area contributed by atoms with Crippen molar-refractivity contribution in [3.05, 3.63) is 41.7 Å². The minimum atomic E-state index is 0.388. The topological polar surface area (TPSA) is 42.2 Å². The fourth-order valence-corrected chi connectivity index (χ4v) is 1.38. The van der Waals surface area contributed by atoms with Gasteiger partial charge < -0.3 is 9.32 Å². The van der Waals surface area contributed by atoms with Crippen LogP contribution in [0.5, 0.6) is 0 Å². The van der Waals surface area contributed by atoms with Crippen LogP contribution in [0.15, 0.2) is 35.2 Å². The molecule has 0 radical (unpaired) electrons. The van der Waals surface area contributed by atoms with E-state index in [0.717, 1.165) is 11.6 Å². The van der Waals surface area contributed by atoms with Crippen LogP contribution in [0.4, 0.5) is 5.82 Å². The maximum absolute atomic E-state index is 5.75. The monoisotopic (exact) mass is 223 g/mol. The van der Waals surface area contributed by atoms with E-state index < -0.39 is 0 Å². The molecule has 0 unspecified atom stereocenters. The molecule has 2 aromatic rings. The summed E-state index contributed by atoms with van der Waals surface area (Å²) >= 11 is 5.75. The third-order valence-corrected chi connectivity index (χ3v) is 2.14. The zero-order valence-electron chi connectivity index (χ0n) is 8.22. The van der Waals surface area contributed by atoms with Crippen molar-refractivity contribution in [2.75, 3.05) is 11.9 Å². The quantitative estimate of drug-likeness (QED) is 0.801. The maximum Gasteiger partial charge on any atom is 0.149 e. The number of hydrogen-bond acceptors (Lipinski definition) is 4. The average Bonchev–Trinajstić information content (AvgIpc) is 2.70. The number of anilines is 1. The standard InChI is InChI=1S/C10H10ClN3O/c1-14(7-8-3-2-4-15-8)10-6-12-5-9(11)13-10/h2-6H,7H2,1H3. The molecule has 0 aliphatic heterocycles. The SMILES string of the molecule is CN(Cc1ccco1)c1cncc(Cl)n1. The second-order valence-electron chi connectivity index (χ2n) is 3.14. The Hall–Kier alpha value is -1.55. The predicted molar refractivity (Wildman–Crippen MR) is 57.9 cm³/mol. The van der Waals surface area contributed by atoms with Crippen molar-refractivity contribution in [3.63, 3.8) is 0 Å². The summed E-state index contributed by atoms with van der Waals surface area (Å²) in [6.45, 7) is 0.641. The zero-order valence-corrected chi connectivity index (χ0v) is 8.98. The lowest BCUT2D eigenvalue weighted by atomic mass is 10.4. The van der Waals surface area contributed by atoms with Crippen molar-refractivity contribution in [2.24, 2.45) is 0 Å². The van der Waals surface area contributed by atoms with Crippen LogP contribution in [-0.2, 0) is 6.54 Å². The van der Waals surface area contributed by atoms with E-state index in [0.29, 0.717) is 11.7 Å². The maximum atomic E-state index is 5.75. The van der Waals surface area contributed by atoms with Gasteiger partial charge in [-0.15, -0.1) is 0 Å². The van der Waals surface area contributed by atoms with Gasteiger partial charge in [-0.3, -0.25) is 4.98 Å². The van der Waals surface area contributed by atoms with Gasteiger partial charge in [0.15, 0.2) is 0 Å². The molecule has 0 amide bonds. The molecule has 0 aliphatic rings. The van der Waals surface area contributed by atoms with Crippen molar-refractivity contribution < 1.29 is 4.42 Å². The summed E-state index contributed by atoms with van der Waals surface area (Å²) in [6, 6.07) is 3.77. The third kappa shape index (κ3) is 2.47. The molecule has 2 aromatic heterocycles. The summed E-state index contributed by atoms with van der Waals surface area (Å²) < 4.78 is 5.23. The first-order valence-electron chi connectivity index (χ1n) is 4.47. The number of rotatable bonds is 3. The van der Waals surface area contributed by atoms with Gasteiger partial charge in [0.25, 0.3) is 0 Å². The molecule has 0 bridgehead atoms. The summed E-state index contributed by atoms with van der Waals surface area (Å²) in [5, 5.41) is 0.388. The van der Waals surface area contributed by atoms with E-state index in [-0.39, 0.29) is 0 Å². The van der Waals surface area contributed by atoms with Crippen molar-refractivity contribution in [1.82, 2.24) is 9.97 Å². The number of aromatic nitrogens is 2. The van der Waals surface area contributed by atoms with E-state index in [4.69, 9.17) is 16.0 Å². The van der Waals surface area contributed by atoms with E-state index in [1.807, 2.05) is 24.1 Å². The van der Waals surface area contributed by atoms with Crippen LogP contribution in [0.2, 0.25) is 5.15 Å². The normalized spacial score (nSPS) is 10.3. The van der Waals surface area contributed by atoms with Crippen LogP contribution in [0.25, 0.3) is 0 Å². The molecule has 0 fully saturated rings. The molecule has 2 rings (SSSR count). The Labute approximate surface area is 92.5 Å². The summed E-state index contributed by atoms with van der Waals surface area (Å²) in [4.78, 5) is 10.0.